The molecule has 2 aromatic carbocycles. The van der Waals surface area contributed by atoms with Crippen LogP contribution in [0.1, 0.15) is 27.3 Å². The number of ether oxygens (including phenoxy) is 3. The number of carbonyl (C=O) groups excluding carboxylic acids is 2. The van der Waals surface area contributed by atoms with Crippen molar-refractivity contribution in [1.82, 2.24) is 14.1 Å². The lowest BCUT2D eigenvalue weighted by Gasteiger charge is -2.11. The van der Waals surface area contributed by atoms with Crippen LogP contribution in [0.25, 0.3) is 10.9 Å². The lowest BCUT2D eigenvalue weighted by atomic mass is 10.1. The van der Waals surface area contributed by atoms with Gasteiger partial charge in [0.2, 0.25) is 12.6 Å². The van der Waals surface area contributed by atoms with Crippen LogP contribution in [-0.4, -0.2) is 39.3 Å². The number of aryl methyl sites for hydroxylation is 1. The van der Waals surface area contributed by atoms with Gasteiger partial charge in [0.25, 0.3) is 5.56 Å². The van der Waals surface area contributed by atoms with Crippen LogP contribution >= 0.6 is 0 Å². The highest BCUT2D eigenvalue weighted by Crippen LogP contribution is 2.33. The molecular weight excluding hydrogens is 469 g/mol. The van der Waals surface area contributed by atoms with E-state index in [1.54, 1.807) is 6.07 Å². The van der Waals surface area contributed by atoms with E-state index >= 15 is 0 Å². The summed E-state index contributed by atoms with van der Waals surface area (Å²) in [7, 11) is 0. The highest BCUT2D eigenvalue weighted by molar-refractivity contribution is 5.99. The summed E-state index contributed by atoms with van der Waals surface area (Å²) in [5, 5.41) is 0.0521. The molecule has 0 aliphatic carbocycles. The summed E-state index contributed by atoms with van der Waals surface area (Å²) in [6.07, 6.45) is 1.19. The molecule has 0 spiro atoms. The van der Waals surface area contributed by atoms with Crippen molar-refractivity contribution in [1.29, 1.82) is 0 Å². The molecule has 0 saturated carbocycles. The van der Waals surface area contributed by atoms with Gasteiger partial charge in [0.1, 0.15) is 12.4 Å². The van der Waals surface area contributed by atoms with E-state index in [1.165, 1.54) is 18.5 Å². The van der Waals surface area contributed by atoms with Crippen LogP contribution in [0, 0.1) is 19.7 Å². The van der Waals surface area contributed by atoms with Crippen LogP contribution in [0.4, 0.5) is 4.39 Å². The monoisotopic (exact) mass is 491 g/mol. The Labute approximate surface area is 204 Å². The summed E-state index contributed by atoms with van der Waals surface area (Å²) in [6.45, 7) is 3.52. The number of rotatable bonds is 7. The summed E-state index contributed by atoms with van der Waals surface area (Å²) in [6, 6.07) is 11.1. The predicted octanol–water partition coefficient (Wildman–Crippen LogP) is 3.16. The number of aromatic nitrogens is 3. The summed E-state index contributed by atoms with van der Waals surface area (Å²) in [4.78, 5) is 41.8. The van der Waals surface area contributed by atoms with E-state index in [4.69, 9.17) is 14.2 Å². The minimum Gasteiger partial charge on any atom is -0.456 e. The average Bonchev–Trinajstić information content (AvgIpc) is 3.44. The third kappa shape index (κ3) is 4.45. The van der Waals surface area contributed by atoms with Crippen molar-refractivity contribution in [3.05, 3.63) is 87.5 Å². The molecule has 184 valence electrons. The van der Waals surface area contributed by atoms with Gasteiger partial charge in [-0.1, -0.05) is 6.07 Å². The maximum absolute atomic E-state index is 13.5. The van der Waals surface area contributed by atoms with Crippen molar-refractivity contribution in [3.8, 4) is 11.5 Å². The maximum atomic E-state index is 13.5. The Morgan fingerprint density at radius 1 is 1.08 bits per heavy atom. The van der Waals surface area contributed by atoms with Crippen LogP contribution in [0.2, 0.25) is 0 Å². The normalized spacial score (nSPS) is 12.2. The first-order valence-electron chi connectivity index (χ1n) is 11.2. The Balaban J connectivity index is 1.25. The lowest BCUT2D eigenvalue weighted by Crippen LogP contribution is -2.27. The molecule has 4 aromatic rings. The molecule has 0 amide bonds. The molecule has 3 heterocycles. The fraction of sp³-hybridized carbons (Fsp3) is 0.231. The Hall–Kier alpha value is -4.47. The molecule has 0 unspecified atom stereocenters. The van der Waals surface area contributed by atoms with Crippen LogP contribution in [0.15, 0.2) is 53.6 Å². The second kappa shape index (κ2) is 9.29. The molecule has 1 aliphatic rings. The number of hydrogen-bond acceptors (Lipinski definition) is 7. The van der Waals surface area contributed by atoms with E-state index in [0.717, 1.165) is 27.6 Å². The molecule has 10 heteroatoms. The number of nitrogens with zero attached hydrogens (tertiary/aromatic N) is 3. The van der Waals surface area contributed by atoms with Gasteiger partial charge in [0, 0.05) is 23.5 Å². The second-order valence-electron chi connectivity index (χ2n) is 8.48. The van der Waals surface area contributed by atoms with Gasteiger partial charge in [-0.2, -0.15) is 0 Å². The molecule has 2 aromatic heterocycles. The highest BCUT2D eigenvalue weighted by atomic mass is 19.1. The van der Waals surface area contributed by atoms with Crippen LogP contribution in [-0.2, 0) is 22.6 Å². The Bertz CT molecular complexity index is 1570. The Morgan fingerprint density at radius 3 is 2.72 bits per heavy atom. The smallest absolute Gasteiger partial charge is 0.326 e. The molecule has 0 N–H and O–H groups in total. The van der Waals surface area contributed by atoms with Gasteiger partial charge in [-0.3, -0.25) is 19.0 Å². The molecule has 0 saturated heterocycles. The number of fused-ring (bicyclic) bond motifs is 2. The van der Waals surface area contributed by atoms with E-state index in [2.05, 4.69) is 4.98 Å². The first kappa shape index (κ1) is 23.3. The van der Waals surface area contributed by atoms with Gasteiger partial charge in [0.15, 0.2) is 18.1 Å². The molecule has 5 rings (SSSR count). The van der Waals surface area contributed by atoms with E-state index in [-0.39, 0.29) is 18.0 Å². The molecule has 0 radical (unpaired) electrons. The highest BCUT2D eigenvalue weighted by Gasteiger charge is 2.19. The standard InChI is InChI=1S/C26H22FN3O6/c1-15-7-19(16(2)30(15)10-17-3-6-23-24(8-17)36-14-35-23)22(31)12-34-25(32)11-29-13-28-21-5-4-18(27)9-20(21)26(29)33/h3-9,13H,10-12,14H2,1-2H3. The Morgan fingerprint density at radius 2 is 1.89 bits per heavy atom. The molecule has 0 atom stereocenters. The molecule has 0 bridgehead atoms. The number of benzene rings is 2. The average molecular weight is 491 g/mol. The van der Waals surface area contributed by atoms with E-state index in [1.807, 2.05) is 36.6 Å². The lowest BCUT2D eigenvalue weighted by molar-refractivity contribution is -0.143. The number of esters is 1. The number of hydrogen-bond donors (Lipinski definition) is 0. The molecule has 1 aliphatic heterocycles. The van der Waals surface area contributed by atoms with E-state index in [9.17, 15) is 18.8 Å². The topological polar surface area (TPSA) is 102 Å². The summed E-state index contributed by atoms with van der Waals surface area (Å²) in [5.74, 6) is -0.338. The number of ketones is 1. The van der Waals surface area contributed by atoms with Gasteiger partial charge in [-0.05, 0) is 55.8 Å². The number of Topliss-reactive ketones (excluding diaryl/α,β-unsaturated/α-hetero) is 1. The molecular formula is C26H22FN3O6. The molecule has 36 heavy (non-hydrogen) atoms. The van der Waals surface area contributed by atoms with Crippen molar-refractivity contribution in [2.24, 2.45) is 0 Å². The van der Waals surface area contributed by atoms with Crippen LogP contribution in [0.5, 0.6) is 11.5 Å². The number of halogens is 1. The van der Waals surface area contributed by atoms with Gasteiger partial charge in [-0.25, -0.2) is 9.37 Å². The largest absolute Gasteiger partial charge is 0.456 e. The van der Waals surface area contributed by atoms with Crippen molar-refractivity contribution < 1.29 is 28.2 Å². The zero-order valence-corrected chi connectivity index (χ0v) is 19.6. The summed E-state index contributed by atoms with van der Waals surface area (Å²) in [5.41, 5.74) is 2.79. The van der Waals surface area contributed by atoms with Crippen molar-refractivity contribution in [3.63, 3.8) is 0 Å². The minimum absolute atomic E-state index is 0.0521. The van der Waals surface area contributed by atoms with E-state index < -0.39 is 30.5 Å². The third-order valence-corrected chi connectivity index (χ3v) is 6.10. The predicted molar refractivity (Wildman–Crippen MR) is 127 cm³/mol. The first-order chi connectivity index (χ1) is 17.3. The van der Waals surface area contributed by atoms with Crippen molar-refractivity contribution in [2.75, 3.05) is 13.4 Å². The van der Waals surface area contributed by atoms with Gasteiger partial charge in [-0.15, -0.1) is 0 Å². The minimum atomic E-state index is -0.780. The van der Waals surface area contributed by atoms with Crippen molar-refractivity contribution >= 4 is 22.7 Å². The number of carbonyl (C=O) groups is 2. The van der Waals surface area contributed by atoms with Crippen LogP contribution in [0.3, 0.4) is 0 Å². The third-order valence-electron chi connectivity index (χ3n) is 6.10. The first-order valence-corrected chi connectivity index (χ1v) is 11.2. The van der Waals surface area contributed by atoms with Gasteiger partial charge >= 0.3 is 5.97 Å². The zero-order valence-electron chi connectivity index (χ0n) is 19.6. The fourth-order valence-corrected chi connectivity index (χ4v) is 4.20. The Kier molecular flexibility index (Phi) is 6.01. The van der Waals surface area contributed by atoms with E-state index in [0.29, 0.717) is 29.1 Å². The molecule has 9 nitrogen and oxygen atoms in total. The summed E-state index contributed by atoms with van der Waals surface area (Å²) < 4.78 is 32.4. The SMILES string of the molecule is Cc1cc(C(=O)COC(=O)Cn2cnc3ccc(F)cc3c2=O)c(C)n1Cc1ccc2c(c1)OCO2. The summed E-state index contributed by atoms with van der Waals surface area (Å²) >= 11 is 0. The second-order valence-corrected chi connectivity index (χ2v) is 8.48. The molecule has 0 fully saturated rings. The van der Waals surface area contributed by atoms with Gasteiger partial charge in [0.05, 0.1) is 17.2 Å². The van der Waals surface area contributed by atoms with Crippen LogP contribution < -0.4 is 15.0 Å². The zero-order chi connectivity index (χ0) is 25.4. The van der Waals surface area contributed by atoms with Crippen molar-refractivity contribution in [2.45, 2.75) is 26.9 Å². The fourth-order valence-electron chi connectivity index (χ4n) is 4.20. The maximum Gasteiger partial charge on any atom is 0.326 e. The quantitative estimate of drug-likeness (QED) is 0.289. The van der Waals surface area contributed by atoms with Gasteiger partial charge < -0.3 is 18.8 Å².